The van der Waals surface area contributed by atoms with Gasteiger partial charge in [-0.1, -0.05) is 12.1 Å². The van der Waals surface area contributed by atoms with E-state index in [1.807, 2.05) is 24.3 Å². The average Bonchev–Trinajstić information content (AvgIpc) is 3.10. The van der Waals surface area contributed by atoms with Crippen LogP contribution in [-0.2, 0) is 6.42 Å². The van der Waals surface area contributed by atoms with Crippen molar-refractivity contribution in [1.29, 1.82) is 0 Å². The Bertz CT molecular complexity index is 767. The smallest absolute Gasteiger partial charge is 0.269 e. The zero-order valence-corrected chi connectivity index (χ0v) is 12.3. The van der Waals surface area contributed by atoms with E-state index in [0.29, 0.717) is 0 Å². The zero-order chi connectivity index (χ0) is 16.1. The molecule has 1 N–H and O–H groups in total. The second kappa shape index (κ2) is 6.69. The molecule has 116 valence electrons. The number of aromatic nitrogens is 3. The van der Waals surface area contributed by atoms with Crippen molar-refractivity contribution in [2.75, 3.05) is 11.9 Å². The summed E-state index contributed by atoms with van der Waals surface area (Å²) in [4.78, 5) is 14.1. The molecule has 7 nitrogen and oxygen atoms in total. The van der Waals surface area contributed by atoms with Crippen molar-refractivity contribution in [1.82, 2.24) is 14.8 Å². The predicted octanol–water partition coefficient (Wildman–Crippen LogP) is 2.83. The molecule has 0 saturated heterocycles. The number of nitro groups is 1. The highest BCUT2D eigenvalue weighted by atomic mass is 16.6. The minimum atomic E-state index is -0.390. The third-order valence-electron chi connectivity index (χ3n) is 3.44. The molecule has 0 amide bonds. The van der Waals surface area contributed by atoms with Crippen LogP contribution in [0.2, 0.25) is 0 Å². The summed E-state index contributed by atoms with van der Waals surface area (Å²) < 4.78 is 1.70. The van der Waals surface area contributed by atoms with Gasteiger partial charge in [-0.15, -0.1) is 0 Å². The predicted molar refractivity (Wildman–Crippen MR) is 86.6 cm³/mol. The molecule has 7 heteroatoms. The molecule has 3 rings (SSSR count). The Balaban J connectivity index is 1.53. The lowest BCUT2D eigenvalue weighted by Crippen LogP contribution is -2.05. The maximum absolute atomic E-state index is 10.6. The van der Waals surface area contributed by atoms with Crippen LogP contribution in [-0.4, -0.2) is 26.2 Å². The van der Waals surface area contributed by atoms with Crippen molar-refractivity contribution in [3.8, 4) is 5.69 Å². The van der Waals surface area contributed by atoms with Crippen LogP contribution < -0.4 is 5.32 Å². The van der Waals surface area contributed by atoms with Gasteiger partial charge in [-0.2, -0.15) is 5.10 Å². The SMILES string of the molecule is O=[N+]([O-])c1ccc(CCNc2ccc(-n3cncn3)cc2)cc1. The van der Waals surface area contributed by atoms with Gasteiger partial charge in [-0.05, 0) is 36.2 Å². The van der Waals surface area contributed by atoms with E-state index in [1.165, 1.54) is 18.5 Å². The third-order valence-corrected chi connectivity index (χ3v) is 3.44. The number of nitro benzene ring substituents is 1. The molecule has 0 bridgehead atoms. The number of anilines is 1. The van der Waals surface area contributed by atoms with E-state index in [9.17, 15) is 10.1 Å². The first-order valence-electron chi connectivity index (χ1n) is 7.14. The molecule has 2 aromatic carbocycles. The number of nitrogens with one attached hydrogen (secondary N) is 1. The van der Waals surface area contributed by atoms with Gasteiger partial charge >= 0.3 is 0 Å². The molecule has 1 heterocycles. The summed E-state index contributed by atoms with van der Waals surface area (Å²) in [6.45, 7) is 0.750. The zero-order valence-electron chi connectivity index (χ0n) is 12.3. The first-order valence-corrected chi connectivity index (χ1v) is 7.14. The van der Waals surface area contributed by atoms with Gasteiger partial charge in [0.25, 0.3) is 5.69 Å². The lowest BCUT2D eigenvalue weighted by Gasteiger charge is -2.07. The van der Waals surface area contributed by atoms with Crippen LogP contribution in [0, 0.1) is 10.1 Å². The largest absolute Gasteiger partial charge is 0.385 e. The number of rotatable bonds is 6. The van der Waals surface area contributed by atoms with Gasteiger partial charge in [-0.3, -0.25) is 10.1 Å². The van der Waals surface area contributed by atoms with Crippen molar-refractivity contribution in [2.45, 2.75) is 6.42 Å². The summed E-state index contributed by atoms with van der Waals surface area (Å²) in [6.07, 6.45) is 3.94. The van der Waals surface area contributed by atoms with Gasteiger partial charge in [0.15, 0.2) is 0 Å². The molecule has 3 aromatic rings. The summed E-state index contributed by atoms with van der Waals surface area (Å²) in [6, 6.07) is 14.5. The van der Waals surface area contributed by atoms with Crippen molar-refractivity contribution < 1.29 is 4.92 Å². The Morgan fingerprint density at radius 3 is 2.43 bits per heavy atom. The highest BCUT2D eigenvalue weighted by Gasteiger charge is 2.03. The van der Waals surface area contributed by atoms with Crippen LogP contribution in [0.3, 0.4) is 0 Å². The Kier molecular flexibility index (Phi) is 4.28. The average molecular weight is 309 g/mol. The summed E-state index contributed by atoms with van der Waals surface area (Å²) in [5, 5.41) is 18.0. The number of nitrogens with zero attached hydrogens (tertiary/aromatic N) is 4. The van der Waals surface area contributed by atoms with E-state index < -0.39 is 4.92 Å². The monoisotopic (exact) mass is 309 g/mol. The molecule has 0 spiro atoms. The second-order valence-electron chi connectivity index (χ2n) is 4.99. The third kappa shape index (κ3) is 3.70. The molecule has 0 atom stereocenters. The molecule has 0 aliphatic rings. The number of benzene rings is 2. The Hall–Kier alpha value is -3.22. The van der Waals surface area contributed by atoms with Crippen molar-refractivity contribution in [3.63, 3.8) is 0 Å². The van der Waals surface area contributed by atoms with E-state index in [0.717, 1.165) is 29.9 Å². The molecule has 0 radical (unpaired) electrons. The van der Waals surface area contributed by atoms with E-state index in [2.05, 4.69) is 15.4 Å². The Morgan fingerprint density at radius 2 is 1.83 bits per heavy atom. The molecule has 23 heavy (non-hydrogen) atoms. The molecule has 0 aliphatic carbocycles. The Morgan fingerprint density at radius 1 is 1.09 bits per heavy atom. The highest BCUT2D eigenvalue weighted by molar-refractivity contribution is 5.48. The molecule has 0 aliphatic heterocycles. The van der Waals surface area contributed by atoms with Crippen LogP contribution in [0.25, 0.3) is 5.69 Å². The standard InChI is InChI=1S/C16H15N5O2/c22-21(23)16-5-1-13(2-6-16)9-10-18-14-3-7-15(8-4-14)20-12-17-11-19-20/h1-8,11-12,18H,9-10H2. The lowest BCUT2D eigenvalue weighted by atomic mass is 10.1. The summed E-state index contributed by atoms with van der Waals surface area (Å²) >= 11 is 0. The van der Waals surface area contributed by atoms with Crippen molar-refractivity contribution >= 4 is 11.4 Å². The van der Waals surface area contributed by atoms with Crippen LogP contribution in [0.4, 0.5) is 11.4 Å². The van der Waals surface area contributed by atoms with E-state index >= 15 is 0 Å². The quantitative estimate of drug-likeness (QED) is 0.559. The van der Waals surface area contributed by atoms with Crippen LogP contribution in [0.1, 0.15) is 5.56 Å². The van der Waals surface area contributed by atoms with Gasteiger partial charge in [0.05, 0.1) is 10.6 Å². The minimum Gasteiger partial charge on any atom is -0.385 e. The van der Waals surface area contributed by atoms with Gasteiger partial charge in [0.1, 0.15) is 12.7 Å². The summed E-state index contributed by atoms with van der Waals surface area (Å²) in [7, 11) is 0. The summed E-state index contributed by atoms with van der Waals surface area (Å²) in [5.74, 6) is 0. The molecule has 0 saturated carbocycles. The molecular formula is C16H15N5O2. The highest BCUT2D eigenvalue weighted by Crippen LogP contribution is 2.14. The van der Waals surface area contributed by atoms with Gasteiger partial charge in [0.2, 0.25) is 0 Å². The first-order chi connectivity index (χ1) is 11.2. The fourth-order valence-electron chi connectivity index (χ4n) is 2.21. The summed E-state index contributed by atoms with van der Waals surface area (Å²) in [5.41, 5.74) is 3.13. The van der Waals surface area contributed by atoms with Gasteiger partial charge < -0.3 is 5.32 Å². The molecule has 0 fully saturated rings. The van der Waals surface area contributed by atoms with Crippen LogP contribution >= 0.6 is 0 Å². The second-order valence-corrected chi connectivity index (χ2v) is 4.99. The fraction of sp³-hybridized carbons (Fsp3) is 0.125. The van der Waals surface area contributed by atoms with Gasteiger partial charge in [-0.25, -0.2) is 9.67 Å². The van der Waals surface area contributed by atoms with Gasteiger partial charge in [0, 0.05) is 24.4 Å². The number of non-ortho nitro benzene ring substituents is 1. The fourth-order valence-corrected chi connectivity index (χ4v) is 2.21. The molecule has 1 aromatic heterocycles. The maximum Gasteiger partial charge on any atom is 0.269 e. The normalized spacial score (nSPS) is 10.4. The lowest BCUT2D eigenvalue weighted by molar-refractivity contribution is -0.384. The first kappa shape index (κ1) is 14.7. The van der Waals surface area contributed by atoms with E-state index in [1.54, 1.807) is 23.1 Å². The van der Waals surface area contributed by atoms with E-state index in [4.69, 9.17) is 0 Å². The maximum atomic E-state index is 10.6. The van der Waals surface area contributed by atoms with E-state index in [-0.39, 0.29) is 5.69 Å². The molecule has 0 unspecified atom stereocenters. The number of hydrogen-bond acceptors (Lipinski definition) is 5. The Labute approximate surface area is 132 Å². The van der Waals surface area contributed by atoms with Crippen molar-refractivity contribution in [3.05, 3.63) is 76.9 Å². The van der Waals surface area contributed by atoms with Crippen LogP contribution in [0.5, 0.6) is 0 Å². The molecular weight excluding hydrogens is 294 g/mol. The van der Waals surface area contributed by atoms with Crippen LogP contribution in [0.15, 0.2) is 61.2 Å². The van der Waals surface area contributed by atoms with Crippen molar-refractivity contribution in [2.24, 2.45) is 0 Å². The topological polar surface area (TPSA) is 85.9 Å². The minimum absolute atomic E-state index is 0.116. The number of hydrogen-bond donors (Lipinski definition) is 1.